The zero-order chi connectivity index (χ0) is 21.1. The quantitative estimate of drug-likeness (QED) is 0.502. The molecule has 4 aromatic rings. The monoisotopic (exact) mass is 404 g/mol. The fraction of sp³-hybridized carbons (Fsp3) is 0.100. The third-order valence-corrected chi connectivity index (χ3v) is 4.39. The number of tetrazole rings is 1. The van der Waals surface area contributed by atoms with Crippen LogP contribution in [0.15, 0.2) is 54.6 Å². The van der Waals surface area contributed by atoms with E-state index >= 15 is 0 Å². The number of carbonyl (C=O) groups is 2. The van der Waals surface area contributed by atoms with Gasteiger partial charge >= 0.3 is 11.9 Å². The van der Waals surface area contributed by atoms with E-state index in [2.05, 4.69) is 25.7 Å². The molecule has 0 atom stereocenters. The highest BCUT2D eigenvalue weighted by atomic mass is 16.5. The molecule has 0 aliphatic rings. The summed E-state index contributed by atoms with van der Waals surface area (Å²) < 4.78 is 11.2. The van der Waals surface area contributed by atoms with Crippen molar-refractivity contribution in [1.82, 2.24) is 30.4 Å². The second-order valence-corrected chi connectivity index (χ2v) is 6.12. The van der Waals surface area contributed by atoms with E-state index in [0.717, 1.165) is 0 Å². The predicted molar refractivity (Wildman–Crippen MR) is 105 cm³/mol. The molecule has 10 heteroatoms. The predicted octanol–water partition coefficient (Wildman–Crippen LogP) is 2.29. The number of aromatic nitrogens is 6. The van der Waals surface area contributed by atoms with Gasteiger partial charge in [-0.05, 0) is 23.4 Å². The van der Waals surface area contributed by atoms with Crippen LogP contribution in [0.1, 0.15) is 20.8 Å². The molecule has 0 aliphatic heterocycles. The smallest absolute Gasteiger partial charge is 0.357 e. The highest BCUT2D eigenvalue weighted by molar-refractivity contribution is 6.07. The molecule has 2 aromatic carbocycles. The van der Waals surface area contributed by atoms with Crippen molar-refractivity contribution in [3.8, 4) is 28.3 Å². The molecule has 150 valence electrons. The van der Waals surface area contributed by atoms with Crippen LogP contribution >= 0.6 is 0 Å². The van der Waals surface area contributed by atoms with Gasteiger partial charge in [0, 0.05) is 11.1 Å². The molecule has 10 nitrogen and oxygen atoms in total. The normalized spacial score (nSPS) is 10.6. The average molecular weight is 404 g/mol. The Kier molecular flexibility index (Phi) is 5.04. The van der Waals surface area contributed by atoms with Crippen LogP contribution in [-0.2, 0) is 9.47 Å². The van der Waals surface area contributed by atoms with E-state index in [-0.39, 0.29) is 17.0 Å². The van der Waals surface area contributed by atoms with E-state index in [9.17, 15) is 9.59 Å². The van der Waals surface area contributed by atoms with E-state index in [4.69, 9.17) is 9.47 Å². The first-order valence-electron chi connectivity index (χ1n) is 8.83. The summed E-state index contributed by atoms with van der Waals surface area (Å²) in [5, 5.41) is 18.5. The Morgan fingerprint density at radius 1 is 0.933 bits per heavy atom. The van der Waals surface area contributed by atoms with Crippen LogP contribution in [0.4, 0.5) is 0 Å². The maximum Gasteiger partial charge on any atom is 0.357 e. The second-order valence-electron chi connectivity index (χ2n) is 6.12. The number of hydrogen-bond acceptors (Lipinski definition) is 8. The number of aromatic amines is 1. The molecule has 0 radical (unpaired) electrons. The molecular formula is C20H16N6O4. The molecule has 0 spiro atoms. The molecule has 30 heavy (non-hydrogen) atoms. The van der Waals surface area contributed by atoms with E-state index in [0.29, 0.717) is 22.6 Å². The summed E-state index contributed by atoms with van der Waals surface area (Å²) >= 11 is 0. The van der Waals surface area contributed by atoms with Crippen molar-refractivity contribution >= 4 is 11.9 Å². The molecule has 0 saturated heterocycles. The number of H-pyrrole nitrogens is 1. The third kappa shape index (κ3) is 3.30. The Balaban J connectivity index is 1.98. The summed E-state index contributed by atoms with van der Waals surface area (Å²) in [5.41, 5.74) is 2.04. The Labute approximate surface area is 170 Å². The summed E-state index contributed by atoms with van der Waals surface area (Å²) in [7, 11) is 2.48. The van der Waals surface area contributed by atoms with Gasteiger partial charge in [-0.25, -0.2) is 14.3 Å². The van der Waals surface area contributed by atoms with Crippen LogP contribution in [0.3, 0.4) is 0 Å². The minimum Gasteiger partial charge on any atom is -0.465 e. The van der Waals surface area contributed by atoms with Gasteiger partial charge in [-0.15, -0.1) is 10.2 Å². The number of nitrogens with one attached hydrogen (secondary N) is 1. The SMILES string of the molecule is COC(=O)c1c(-c2cccc(-c3nn[nH]n3)c2)nn(-c2ccccc2)c1C(=O)OC. The lowest BCUT2D eigenvalue weighted by Crippen LogP contribution is -2.15. The fourth-order valence-electron chi connectivity index (χ4n) is 3.05. The molecular weight excluding hydrogens is 388 g/mol. The van der Waals surface area contributed by atoms with Crippen molar-refractivity contribution in [2.75, 3.05) is 14.2 Å². The number of esters is 2. The van der Waals surface area contributed by atoms with Crippen molar-refractivity contribution in [2.45, 2.75) is 0 Å². The lowest BCUT2D eigenvalue weighted by molar-refractivity contribution is 0.0549. The number of methoxy groups -OCH3 is 2. The Morgan fingerprint density at radius 3 is 2.33 bits per heavy atom. The Hall–Kier alpha value is -4.34. The molecule has 0 bridgehead atoms. The number of benzene rings is 2. The zero-order valence-corrected chi connectivity index (χ0v) is 16.1. The first kappa shape index (κ1) is 19.0. The number of para-hydroxylation sites is 1. The van der Waals surface area contributed by atoms with Crippen LogP contribution in [0.5, 0.6) is 0 Å². The van der Waals surface area contributed by atoms with Gasteiger partial charge in [0.25, 0.3) is 0 Å². The van der Waals surface area contributed by atoms with Crippen LogP contribution < -0.4 is 0 Å². The summed E-state index contributed by atoms with van der Waals surface area (Å²) in [4.78, 5) is 25.3. The molecule has 1 N–H and O–H groups in total. The van der Waals surface area contributed by atoms with Crippen LogP contribution in [0, 0.1) is 0 Å². The standard InChI is InChI=1S/C20H16N6O4/c1-29-19(27)15-16(12-7-6-8-13(11-12)18-21-24-25-22-18)23-26(17(15)20(28)30-2)14-9-4-3-5-10-14/h3-11H,1-2H3,(H,21,22,24,25). The van der Waals surface area contributed by atoms with Gasteiger partial charge in [-0.3, -0.25) is 0 Å². The number of hydrogen-bond donors (Lipinski definition) is 1. The van der Waals surface area contributed by atoms with Crippen molar-refractivity contribution in [2.24, 2.45) is 0 Å². The molecule has 0 unspecified atom stereocenters. The molecule has 0 saturated carbocycles. The number of ether oxygens (including phenoxy) is 2. The highest BCUT2D eigenvalue weighted by Gasteiger charge is 2.31. The molecule has 2 heterocycles. The van der Waals surface area contributed by atoms with Crippen molar-refractivity contribution in [3.63, 3.8) is 0 Å². The van der Waals surface area contributed by atoms with Crippen molar-refractivity contribution in [1.29, 1.82) is 0 Å². The first-order valence-corrected chi connectivity index (χ1v) is 8.83. The second kappa shape index (κ2) is 7.95. The van der Waals surface area contributed by atoms with Gasteiger partial charge in [-0.2, -0.15) is 10.3 Å². The molecule has 4 rings (SSSR count). The minimum atomic E-state index is -0.715. The van der Waals surface area contributed by atoms with Crippen LogP contribution in [0.2, 0.25) is 0 Å². The van der Waals surface area contributed by atoms with Gasteiger partial charge in [0.05, 0.1) is 19.9 Å². The summed E-state index contributed by atoms with van der Waals surface area (Å²) in [6.45, 7) is 0. The van der Waals surface area contributed by atoms with Crippen LogP contribution in [-0.4, -0.2) is 56.6 Å². The number of rotatable bonds is 5. The number of carbonyl (C=O) groups excluding carboxylic acids is 2. The molecule has 0 amide bonds. The summed E-state index contributed by atoms with van der Waals surface area (Å²) in [6.07, 6.45) is 0. The van der Waals surface area contributed by atoms with Crippen LogP contribution in [0.25, 0.3) is 28.3 Å². The summed E-state index contributed by atoms with van der Waals surface area (Å²) in [5.74, 6) is -1.04. The van der Waals surface area contributed by atoms with E-state index < -0.39 is 11.9 Å². The Bertz CT molecular complexity index is 1200. The van der Waals surface area contributed by atoms with E-state index in [1.807, 2.05) is 6.07 Å². The molecule has 2 aromatic heterocycles. The zero-order valence-electron chi connectivity index (χ0n) is 16.1. The minimum absolute atomic E-state index is 0.00142. The summed E-state index contributed by atoms with van der Waals surface area (Å²) in [6, 6.07) is 16.0. The largest absolute Gasteiger partial charge is 0.465 e. The van der Waals surface area contributed by atoms with Gasteiger partial charge < -0.3 is 9.47 Å². The van der Waals surface area contributed by atoms with E-state index in [1.54, 1.807) is 48.5 Å². The third-order valence-electron chi connectivity index (χ3n) is 4.39. The highest BCUT2D eigenvalue weighted by Crippen LogP contribution is 2.31. The van der Waals surface area contributed by atoms with Gasteiger partial charge in [0.15, 0.2) is 5.69 Å². The molecule has 0 fully saturated rings. The maximum atomic E-state index is 12.7. The van der Waals surface area contributed by atoms with E-state index in [1.165, 1.54) is 18.9 Å². The Morgan fingerprint density at radius 2 is 1.67 bits per heavy atom. The lowest BCUT2D eigenvalue weighted by Gasteiger charge is -2.07. The topological polar surface area (TPSA) is 125 Å². The fourth-order valence-corrected chi connectivity index (χ4v) is 3.05. The maximum absolute atomic E-state index is 12.7. The van der Waals surface area contributed by atoms with Crippen molar-refractivity contribution in [3.05, 3.63) is 65.9 Å². The first-order chi connectivity index (χ1) is 14.6. The number of nitrogens with zero attached hydrogens (tertiary/aromatic N) is 5. The van der Waals surface area contributed by atoms with Gasteiger partial charge in [0.1, 0.15) is 11.3 Å². The van der Waals surface area contributed by atoms with Gasteiger partial charge in [-0.1, -0.05) is 36.4 Å². The molecule has 0 aliphatic carbocycles. The average Bonchev–Trinajstić information content (AvgIpc) is 3.47. The lowest BCUT2D eigenvalue weighted by atomic mass is 10.0. The van der Waals surface area contributed by atoms with Gasteiger partial charge in [0.2, 0.25) is 5.82 Å². The van der Waals surface area contributed by atoms with Crippen molar-refractivity contribution < 1.29 is 19.1 Å².